The van der Waals surface area contributed by atoms with Crippen molar-refractivity contribution in [3.05, 3.63) is 0 Å². The molecule has 5 heteroatoms. The fourth-order valence-electron chi connectivity index (χ4n) is 1.14. The molecule has 0 saturated carbocycles. The van der Waals surface area contributed by atoms with E-state index < -0.39 is 8.80 Å². The minimum Gasteiger partial charge on any atom is -0.377 e. The summed E-state index contributed by atoms with van der Waals surface area (Å²) in [5.74, 6) is 0. The van der Waals surface area contributed by atoms with Crippen molar-refractivity contribution in [2.75, 3.05) is 21.3 Å². The first-order valence-electron chi connectivity index (χ1n) is 3.76. The van der Waals surface area contributed by atoms with Gasteiger partial charge in [-0.1, -0.05) is 6.92 Å². The van der Waals surface area contributed by atoms with Crippen LogP contribution in [0.25, 0.3) is 0 Å². The summed E-state index contributed by atoms with van der Waals surface area (Å²) in [6, 6.07) is 0. The van der Waals surface area contributed by atoms with Crippen LogP contribution >= 0.6 is 0 Å². The molecule has 0 aromatic rings. The molecule has 0 spiro atoms. The van der Waals surface area contributed by atoms with Gasteiger partial charge in [-0.15, -0.1) is 0 Å². The Morgan fingerprint density at radius 1 is 1.25 bits per heavy atom. The zero-order chi connectivity index (χ0) is 9.61. The molecular formula is C7H16O4Si. The number of hydrogen-bond donors (Lipinski definition) is 0. The lowest BCUT2D eigenvalue weighted by Crippen LogP contribution is -2.46. The molecule has 0 aromatic heterocycles. The lowest BCUT2D eigenvalue weighted by atomic mass is 10.4. The highest BCUT2D eigenvalue weighted by Crippen LogP contribution is 2.25. The Morgan fingerprint density at radius 3 is 1.92 bits per heavy atom. The minimum atomic E-state index is -2.57. The molecule has 0 fully saturated rings. The zero-order valence-electron chi connectivity index (χ0n) is 7.99. The topological polar surface area (TPSA) is 44.8 Å². The summed E-state index contributed by atoms with van der Waals surface area (Å²) in [5.41, 5.74) is 0.00926. The van der Waals surface area contributed by atoms with Crippen molar-refractivity contribution in [1.29, 1.82) is 0 Å². The van der Waals surface area contributed by atoms with Crippen LogP contribution < -0.4 is 0 Å². The highest BCUT2D eigenvalue weighted by atomic mass is 28.4. The molecule has 0 aliphatic carbocycles. The number of carbonyl (C=O) groups excluding carboxylic acids is 1. The summed E-state index contributed by atoms with van der Waals surface area (Å²) in [4.78, 5) is 10.3. The first-order valence-corrected chi connectivity index (χ1v) is 5.56. The van der Waals surface area contributed by atoms with Gasteiger partial charge in [0.05, 0.1) is 0 Å². The Morgan fingerprint density at radius 2 is 1.67 bits per heavy atom. The van der Waals surface area contributed by atoms with E-state index in [0.29, 0.717) is 6.42 Å². The van der Waals surface area contributed by atoms with Crippen molar-refractivity contribution in [2.45, 2.75) is 18.9 Å². The predicted molar refractivity (Wildman–Crippen MR) is 46.9 cm³/mol. The van der Waals surface area contributed by atoms with Gasteiger partial charge in [0.25, 0.3) is 0 Å². The van der Waals surface area contributed by atoms with Crippen LogP contribution in [0.3, 0.4) is 0 Å². The van der Waals surface area contributed by atoms with E-state index in [0.717, 1.165) is 6.29 Å². The van der Waals surface area contributed by atoms with Gasteiger partial charge in [-0.2, -0.15) is 0 Å². The third kappa shape index (κ3) is 2.38. The average Bonchev–Trinajstić information content (AvgIpc) is 2.09. The van der Waals surface area contributed by atoms with E-state index in [2.05, 4.69) is 0 Å². The molecule has 1 atom stereocenters. The molecule has 0 radical (unpaired) electrons. The minimum absolute atomic E-state index is 0.00926. The van der Waals surface area contributed by atoms with Crippen molar-refractivity contribution < 1.29 is 18.1 Å². The van der Waals surface area contributed by atoms with Crippen molar-refractivity contribution in [2.24, 2.45) is 0 Å². The van der Waals surface area contributed by atoms with Crippen molar-refractivity contribution in [3.8, 4) is 0 Å². The molecule has 72 valence electrons. The van der Waals surface area contributed by atoms with E-state index in [9.17, 15) is 4.79 Å². The molecular weight excluding hydrogens is 176 g/mol. The molecule has 0 aliphatic rings. The summed E-state index contributed by atoms with van der Waals surface area (Å²) >= 11 is 0. The Labute approximate surface area is 74.2 Å². The number of aldehydes is 1. The molecule has 0 aromatic carbocycles. The Balaban J connectivity index is 4.34. The molecule has 0 aliphatic heterocycles. The van der Waals surface area contributed by atoms with Gasteiger partial charge >= 0.3 is 8.80 Å². The molecule has 12 heavy (non-hydrogen) atoms. The van der Waals surface area contributed by atoms with Crippen LogP contribution in [0.5, 0.6) is 0 Å². The lowest BCUT2D eigenvalue weighted by Gasteiger charge is -2.28. The smallest absolute Gasteiger partial charge is 0.377 e. The molecule has 0 heterocycles. The van der Waals surface area contributed by atoms with Crippen molar-refractivity contribution in [1.82, 2.24) is 0 Å². The Kier molecular flexibility index (Phi) is 5.31. The summed E-state index contributed by atoms with van der Waals surface area (Å²) in [5, 5.41) is 0. The maximum atomic E-state index is 10.3. The Bertz CT molecular complexity index is 127. The highest BCUT2D eigenvalue weighted by molar-refractivity contribution is 6.62. The van der Waals surface area contributed by atoms with Crippen LogP contribution in [-0.2, 0) is 18.1 Å². The molecule has 0 N–H and O–H groups in total. The molecule has 0 rings (SSSR count). The second-order valence-electron chi connectivity index (χ2n) is 2.52. The van der Waals surface area contributed by atoms with Gasteiger partial charge < -0.3 is 18.1 Å². The number of carbonyl (C=O) groups is 1. The molecule has 4 nitrogen and oxygen atoms in total. The largest absolute Gasteiger partial charge is 0.503 e. The van der Waals surface area contributed by atoms with Gasteiger partial charge in [-0.3, -0.25) is 0 Å². The SMILES string of the molecule is CO[Si](OC)(OC)C(C)CC=O. The molecule has 0 amide bonds. The van der Waals surface area contributed by atoms with E-state index >= 15 is 0 Å². The fourth-order valence-corrected chi connectivity index (χ4v) is 3.23. The summed E-state index contributed by atoms with van der Waals surface area (Å²) in [6.07, 6.45) is 1.26. The predicted octanol–water partition coefficient (Wildman–Crippen LogP) is 0.844. The van der Waals surface area contributed by atoms with E-state index in [1.165, 1.54) is 0 Å². The van der Waals surface area contributed by atoms with Gasteiger partial charge in [0.2, 0.25) is 0 Å². The fraction of sp³-hybridized carbons (Fsp3) is 0.857. The van der Waals surface area contributed by atoms with E-state index in [1.807, 2.05) is 6.92 Å². The van der Waals surface area contributed by atoms with Crippen molar-refractivity contribution >= 4 is 15.1 Å². The van der Waals surface area contributed by atoms with Gasteiger partial charge in [-0.25, -0.2) is 0 Å². The van der Waals surface area contributed by atoms with Gasteiger partial charge in [0.15, 0.2) is 0 Å². The number of hydrogen-bond acceptors (Lipinski definition) is 4. The maximum Gasteiger partial charge on any atom is 0.503 e. The van der Waals surface area contributed by atoms with E-state index in [4.69, 9.17) is 13.3 Å². The first kappa shape index (κ1) is 11.8. The van der Waals surface area contributed by atoms with Crippen LogP contribution in [0.1, 0.15) is 13.3 Å². The van der Waals surface area contributed by atoms with E-state index in [-0.39, 0.29) is 5.54 Å². The third-order valence-electron chi connectivity index (χ3n) is 1.91. The average molecular weight is 192 g/mol. The summed E-state index contributed by atoms with van der Waals surface area (Å²) in [7, 11) is 2.05. The highest BCUT2D eigenvalue weighted by Gasteiger charge is 2.44. The van der Waals surface area contributed by atoms with Gasteiger partial charge in [-0.05, 0) is 0 Å². The summed E-state index contributed by atoms with van der Waals surface area (Å²) < 4.78 is 15.6. The molecule has 0 bridgehead atoms. The first-order chi connectivity index (χ1) is 5.66. The maximum absolute atomic E-state index is 10.3. The number of rotatable bonds is 6. The molecule has 0 saturated heterocycles. The van der Waals surface area contributed by atoms with Gasteiger partial charge in [0.1, 0.15) is 6.29 Å². The van der Waals surface area contributed by atoms with Crippen LogP contribution in [0.4, 0.5) is 0 Å². The van der Waals surface area contributed by atoms with Gasteiger partial charge in [0, 0.05) is 33.3 Å². The van der Waals surface area contributed by atoms with Crippen LogP contribution in [-0.4, -0.2) is 36.4 Å². The third-order valence-corrected chi connectivity index (χ3v) is 5.06. The summed E-state index contributed by atoms with van der Waals surface area (Å²) in [6.45, 7) is 1.89. The lowest BCUT2D eigenvalue weighted by molar-refractivity contribution is -0.108. The van der Waals surface area contributed by atoms with Crippen molar-refractivity contribution in [3.63, 3.8) is 0 Å². The second-order valence-corrected chi connectivity index (χ2v) is 5.94. The standard InChI is InChI=1S/C7H16O4Si/c1-7(5-6-8)12(9-2,10-3)11-4/h6-7H,5H2,1-4H3. The van der Waals surface area contributed by atoms with E-state index in [1.54, 1.807) is 21.3 Å². The monoisotopic (exact) mass is 192 g/mol. The zero-order valence-corrected chi connectivity index (χ0v) is 8.99. The van der Waals surface area contributed by atoms with Crippen LogP contribution in [0.2, 0.25) is 5.54 Å². The second kappa shape index (κ2) is 5.42. The van der Waals surface area contributed by atoms with Crippen LogP contribution in [0.15, 0.2) is 0 Å². The van der Waals surface area contributed by atoms with Crippen LogP contribution in [0, 0.1) is 0 Å². The molecule has 1 unspecified atom stereocenters. The Hall–Kier alpha value is -0.233. The quantitative estimate of drug-likeness (QED) is 0.462. The normalized spacial score (nSPS) is 14.3.